The quantitative estimate of drug-likeness (QED) is 0.596. The lowest BCUT2D eigenvalue weighted by atomic mass is 10.0. The Morgan fingerprint density at radius 1 is 0.963 bits per heavy atom. The predicted octanol–water partition coefficient (Wildman–Crippen LogP) is 1.28. The average Bonchev–Trinajstić information content (AvgIpc) is 2.68. The topological polar surface area (TPSA) is 109 Å². The molecule has 7 heteroatoms. The fourth-order valence-electron chi connectivity index (χ4n) is 3.09. The van der Waals surface area contributed by atoms with E-state index in [1.807, 2.05) is 30.3 Å². The van der Waals surface area contributed by atoms with Crippen molar-refractivity contribution in [3.63, 3.8) is 0 Å². The Morgan fingerprint density at radius 3 is 2.52 bits per heavy atom. The molecule has 0 bridgehead atoms. The van der Waals surface area contributed by atoms with Crippen LogP contribution in [0.4, 0.5) is 0 Å². The summed E-state index contributed by atoms with van der Waals surface area (Å²) < 4.78 is 16.1. The molecule has 7 nitrogen and oxygen atoms in total. The van der Waals surface area contributed by atoms with Gasteiger partial charge in [-0.15, -0.1) is 0 Å². The van der Waals surface area contributed by atoms with Crippen molar-refractivity contribution < 1.29 is 29.2 Å². The number of hydrogen-bond acceptors (Lipinski definition) is 7. The Kier molecular flexibility index (Phi) is 4.67. The summed E-state index contributed by atoms with van der Waals surface area (Å²) in [6.07, 6.45) is -5.10. The molecule has 1 aliphatic rings. The van der Waals surface area contributed by atoms with E-state index in [-0.39, 0.29) is 6.61 Å². The number of fused-ring (bicyclic) bond motifs is 1. The van der Waals surface area contributed by atoms with Crippen LogP contribution in [0.5, 0.6) is 5.75 Å². The second kappa shape index (κ2) is 7.13. The lowest BCUT2D eigenvalue weighted by molar-refractivity contribution is -0.242. The van der Waals surface area contributed by atoms with E-state index in [1.165, 1.54) is 12.1 Å². The van der Waals surface area contributed by atoms with Gasteiger partial charge in [0, 0.05) is 17.5 Å². The van der Waals surface area contributed by atoms with Gasteiger partial charge >= 0.3 is 5.63 Å². The van der Waals surface area contributed by atoms with Crippen LogP contribution in [0.25, 0.3) is 22.1 Å². The van der Waals surface area contributed by atoms with Gasteiger partial charge in [-0.05, 0) is 23.3 Å². The van der Waals surface area contributed by atoms with Gasteiger partial charge in [-0.3, -0.25) is 0 Å². The molecule has 3 N–H and O–H groups in total. The third-order valence-corrected chi connectivity index (χ3v) is 4.51. The van der Waals surface area contributed by atoms with Crippen LogP contribution in [-0.2, 0) is 4.74 Å². The first-order valence-electron chi connectivity index (χ1n) is 8.49. The van der Waals surface area contributed by atoms with Gasteiger partial charge in [-0.25, -0.2) is 4.79 Å². The van der Waals surface area contributed by atoms with Crippen LogP contribution < -0.4 is 10.4 Å². The van der Waals surface area contributed by atoms with Gasteiger partial charge in [-0.2, -0.15) is 0 Å². The van der Waals surface area contributed by atoms with E-state index in [9.17, 15) is 20.1 Å². The monoisotopic (exact) mass is 370 g/mol. The summed E-state index contributed by atoms with van der Waals surface area (Å²) in [7, 11) is 0. The van der Waals surface area contributed by atoms with E-state index in [2.05, 4.69) is 0 Å². The Hall–Kier alpha value is -2.71. The molecule has 140 valence electrons. The molecule has 4 rings (SSSR count). The molecular formula is C20H18O7. The molecule has 0 amide bonds. The number of hydrogen-bond donors (Lipinski definition) is 3. The highest BCUT2D eigenvalue weighted by atomic mass is 16.7. The SMILES string of the molecule is O=c1cc(-c2ccccc2)c2ccc(O[C@@H]3OC[C@@H](O)[C@H](O)[C@H]3O)cc2o1. The van der Waals surface area contributed by atoms with Crippen LogP contribution in [0.1, 0.15) is 0 Å². The Balaban J connectivity index is 1.68. The molecule has 2 aromatic carbocycles. The molecule has 0 saturated carbocycles. The molecule has 1 saturated heterocycles. The molecule has 0 unspecified atom stereocenters. The molecule has 0 aliphatic carbocycles. The van der Waals surface area contributed by atoms with E-state index < -0.39 is 30.2 Å². The third kappa shape index (κ3) is 3.45. The number of rotatable bonds is 3. The highest BCUT2D eigenvalue weighted by molar-refractivity contribution is 5.93. The summed E-state index contributed by atoms with van der Waals surface area (Å²) >= 11 is 0. The largest absolute Gasteiger partial charge is 0.462 e. The first-order chi connectivity index (χ1) is 13.0. The number of benzene rings is 2. The highest BCUT2D eigenvalue weighted by Crippen LogP contribution is 2.30. The zero-order valence-electron chi connectivity index (χ0n) is 14.2. The van der Waals surface area contributed by atoms with E-state index in [0.717, 1.165) is 16.5 Å². The lowest BCUT2D eigenvalue weighted by Crippen LogP contribution is -2.54. The standard InChI is InChI=1S/C20H18O7/c21-15-10-25-20(19(24)18(15)23)26-12-6-7-13-14(11-4-2-1-3-5-11)9-17(22)27-16(13)8-12/h1-9,15,18-21,23-24H,10H2/t15-,18+,19-,20+/m1/s1. The van der Waals surface area contributed by atoms with Crippen LogP contribution >= 0.6 is 0 Å². The number of ether oxygens (including phenoxy) is 2. The average molecular weight is 370 g/mol. The Bertz CT molecular complexity index is 998. The van der Waals surface area contributed by atoms with Gasteiger partial charge in [0.2, 0.25) is 6.29 Å². The predicted molar refractivity (Wildman–Crippen MR) is 96.3 cm³/mol. The second-order valence-corrected chi connectivity index (χ2v) is 6.37. The van der Waals surface area contributed by atoms with E-state index in [4.69, 9.17) is 13.9 Å². The number of aliphatic hydroxyl groups is 3. The first kappa shape index (κ1) is 17.7. The maximum atomic E-state index is 12.0. The van der Waals surface area contributed by atoms with Crippen LogP contribution in [-0.4, -0.2) is 46.5 Å². The van der Waals surface area contributed by atoms with E-state index in [1.54, 1.807) is 12.1 Å². The van der Waals surface area contributed by atoms with Crippen molar-refractivity contribution in [2.75, 3.05) is 6.61 Å². The highest BCUT2D eigenvalue weighted by Gasteiger charge is 2.39. The van der Waals surface area contributed by atoms with Crippen LogP contribution in [0.2, 0.25) is 0 Å². The molecule has 2 heterocycles. The van der Waals surface area contributed by atoms with E-state index >= 15 is 0 Å². The van der Waals surface area contributed by atoms with Crippen molar-refractivity contribution in [2.24, 2.45) is 0 Å². The molecule has 4 atom stereocenters. The zero-order valence-corrected chi connectivity index (χ0v) is 14.2. The summed E-state index contributed by atoms with van der Waals surface area (Å²) in [6.45, 7) is -0.163. The van der Waals surface area contributed by atoms with Crippen molar-refractivity contribution in [1.29, 1.82) is 0 Å². The molecule has 0 spiro atoms. The molecule has 0 radical (unpaired) electrons. The van der Waals surface area contributed by atoms with Gasteiger partial charge < -0.3 is 29.2 Å². The van der Waals surface area contributed by atoms with Gasteiger partial charge in [0.1, 0.15) is 29.6 Å². The number of aliphatic hydroxyl groups excluding tert-OH is 3. The fourth-order valence-corrected chi connectivity index (χ4v) is 3.09. The van der Waals surface area contributed by atoms with Gasteiger partial charge in [0.25, 0.3) is 0 Å². The first-order valence-corrected chi connectivity index (χ1v) is 8.49. The summed E-state index contributed by atoms with van der Waals surface area (Å²) in [6, 6.07) is 15.8. The normalized spacial score (nSPS) is 25.4. The Morgan fingerprint density at radius 2 is 1.74 bits per heavy atom. The molecule has 3 aromatic rings. The lowest BCUT2D eigenvalue weighted by Gasteiger charge is -2.34. The van der Waals surface area contributed by atoms with Crippen LogP contribution in [0.3, 0.4) is 0 Å². The van der Waals surface area contributed by atoms with Crippen molar-refractivity contribution >= 4 is 11.0 Å². The van der Waals surface area contributed by atoms with Crippen molar-refractivity contribution in [3.8, 4) is 16.9 Å². The maximum absolute atomic E-state index is 12.0. The van der Waals surface area contributed by atoms with Crippen LogP contribution in [0.15, 0.2) is 63.8 Å². The van der Waals surface area contributed by atoms with Crippen molar-refractivity contribution in [1.82, 2.24) is 0 Å². The molecule has 1 aliphatic heterocycles. The third-order valence-electron chi connectivity index (χ3n) is 4.51. The molecule has 1 aromatic heterocycles. The second-order valence-electron chi connectivity index (χ2n) is 6.37. The Labute approximate surface area is 154 Å². The maximum Gasteiger partial charge on any atom is 0.336 e. The van der Waals surface area contributed by atoms with Gasteiger partial charge in [0.05, 0.1) is 6.61 Å². The smallest absolute Gasteiger partial charge is 0.336 e. The summed E-state index contributed by atoms with van der Waals surface area (Å²) in [5.74, 6) is 0.295. The van der Waals surface area contributed by atoms with Crippen LogP contribution in [0, 0.1) is 0 Å². The zero-order chi connectivity index (χ0) is 19.0. The minimum Gasteiger partial charge on any atom is -0.462 e. The van der Waals surface area contributed by atoms with Crippen molar-refractivity contribution in [2.45, 2.75) is 24.6 Å². The van der Waals surface area contributed by atoms with E-state index in [0.29, 0.717) is 11.3 Å². The minimum atomic E-state index is -1.41. The van der Waals surface area contributed by atoms with Crippen molar-refractivity contribution in [3.05, 3.63) is 65.0 Å². The molecule has 1 fully saturated rings. The summed E-state index contributed by atoms with van der Waals surface area (Å²) in [5.41, 5.74) is 1.45. The van der Waals surface area contributed by atoms with Gasteiger partial charge in [0.15, 0.2) is 0 Å². The molecular weight excluding hydrogens is 352 g/mol. The van der Waals surface area contributed by atoms with Gasteiger partial charge in [-0.1, -0.05) is 30.3 Å². The summed E-state index contributed by atoms with van der Waals surface area (Å²) in [4.78, 5) is 12.0. The minimum absolute atomic E-state index is 0.163. The fraction of sp³-hybridized carbons (Fsp3) is 0.250. The molecule has 27 heavy (non-hydrogen) atoms. The summed E-state index contributed by atoms with van der Waals surface area (Å²) in [5, 5.41) is 30.0.